The molecule has 4 nitrogen and oxygen atoms in total. The molecule has 0 amide bonds. The van der Waals surface area contributed by atoms with Gasteiger partial charge in [0.15, 0.2) is 0 Å². The number of thiocarbonyl (C=S) groups is 1. The number of sulfonamides is 1. The number of hydrogen-bond acceptors (Lipinski definition) is 3. The Morgan fingerprint density at radius 2 is 2.10 bits per heavy atom. The van der Waals surface area contributed by atoms with Gasteiger partial charge in [-0.1, -0.05) is 31.6 Å². The molecule has 0 spiro atoms. The first kappa shape index (κ1) is 15.4. The van der Waals surface area contributed by atoms with Gasteiger partial charge in [-0.3, -0.25) is 0 Å². The van der Waals surface area contributed by atoms with E-state index in [-0.39, 0.29) is 10.4 Å². The molecule has 0 bridgehead atoms. The fourth-order valence-electron chi connectivity index (χ4n) is 2.41. The second-order valence-corrected chi connectivity index (χ2v) is 8.01. The van der Waals surface area contributed by atoms with Gasteiger partial charge in [0.25, 0.3) is 0 Å². The molecule has 3 N–H and O–H groups in total. The maximum atomic E-state index is 12.3. The lowest BCUT2D eigenvalue weighted by molar-refractivity contribution is 0.166. The average molecular weight is 312 g/mol. The van der Waals surface area contributed by atoms with Gasteiger partial charge in [-0.2, -0.15) is 0 Å². The smallest absolute Gasteiger partial charge is 0.240 e. The summed E-state index contributed by atoms with van der Waals surface area (Å²) in [7, 11) is -3.48. The van der Waals surface area contributed by atoms with Crippen molar-refractivity contribution in [2.45, 2.75) is 38.0 Å². The third-order valence-corrected chi connectivity index (χ3v) is 5.80. The minimum Gasteiger partial charge on any atom is -0.389 e. The molecule has 1 aromatic carbocycles. The third kappa shape index (κ3) is 3.19. The number of benzene rings is 1. The van der Waals surface area contributed by atoms with E-state index < -0.39 is 10.0 Å². The van der Waals surface area contributed by atoms with E-state index in [2.05, 4.69) is 11.6 Å². The molecule has 1 aliphatic carbocycles. The monoisotopic (exact) mass is 312 g/mol. The summed E-state index contributed by atoms with van der Waals surface area (Å²) >= 11 is 4.89. The minimum absolute atomic E-state index is 0.111. The zero-order valence-corrected chi connectivity index (χ0v) is 13.4. The van der Waals surface area contributed by atoms with Crippen LogP contribution >= 0.6 is 12.2 Å². The quantitative estimate of drug-likeness (QED) is 0.817. The van der Waals surface area contributed by atoms with Crippen LogP contribution in [0.4, 0.5) is 0 Å². The molecule has 110 valence electrons. The molecule has 0 atom stereocenters. The summed E-state index contributed by atoms with van der Waals surface area (Å²) in [5.74, 6) is 0. The Bertz CT molecular complexity index is 635. The van der Waals surface area contributed by atoms with Crippen molar-refractivity contribution in [2.24, 2.45) is 11.1 Å². The summed E-state index contributed by atoms with van der Waals surface area (Å²) in [6, 6.07) is 4.92. The van der Waals surface area contributed by atoms with Gasteiger partial charge in [0.05, 0.1) is 4.90 Å². The van der Waals surface area contributed by atoms with Crippen LogP contribution in [0.15, 0.2) is 23.1 Å². The van der Waals surface area contributed by atoms with Crippen LogP contribution in [-0.2, 0) is 10.0 Å². The van der Waals surface area contributed by atoms with E-state index in [0.717, 1.165) is 12.8 Å². The highest BCUT2D eigenvalue weighted by Crippen LogP contribution is 2.39. The Morgan fingerprint density at radius 1 is 1.45 bits per heavy atom. The molecular formula is C14H20N2O2S2. The van der Waals surface area contributed by atoms with Crippen molar-refractivity contribution in [2.75, 3.05) is 6.54 Å². The minimum atomic E-state index is -3.48. The van der Waals surface area contributed by atoms with Gasteiger partial charge < -0.3 is 5.73 Å². The normalized spacial score (nSPS) is 17.5. The van der Waals surface area contributed by atoms with Crippen molar-refractivity contribution >= 4 is 27.2 Å². The molecule has 0 saturated heterocycles. The molecule has 1 saturated carbocycles. The van der Waals surface area contributed by atoms with Gasteiger partial charge in [-0.25, -0.2) is 13.1 Å². The first-order valence-corrected chi connectivity index (χ1v) is 8.53. The number of nitrogens with one attached hydrogen (secondary N) is 1. The summed E-state index contributed by atoms with van der Waals surface area (Å²) in [6.07, 6.45) is 3.34. The Labute approximate surface area is 125 Å². The van der Waals surface area contributed by atoms with Crippen LogP contribution in [0.3, 0.4) is 0 Å². The van der Waals surface area contributed by atoms with Crippen LogP contribution in [0.5, 0.6) is 0 Å². The lowest BCUT2D eigenvalue weighted by Crippen LogP contribution is -2.40. The fourth-order valence-corrected chi connectivity index (χ4v) is 3.96. The Morgan fingerprint density at radius 3 is 2.55 bits per heavy atom. The summed E-state index contributed by atoms with van der Waals surface area (Å²) in [6.45, 7) is 4.36. The SMILES string of the molecule is Cc1cc(C(N)=S)ccc1S(=O)(=O)NCC1(C)CCC1. The van der Waals surface area contributed by atoms with Crippen molar-refractivity contribution in [3.63, 3.8) is 0 Å². The van der Waals surface area contributed by atoms with Crippen LogP contribution in [0.25, 0.3) is 0 Å². The molecule has 1 fully saturated rings. The lowest BCUT2D eigenvalue weighted by atomic mass is 9.71. The standard InChI is InChI=1S/C14H20N2O2S2/c1-10-8-11(13(15)19)4-5-12(10)20(17,18)16-9-14(2)6-3-7-14/h4-5,8,16H,3,6-7,9H2,1-2H3,(H2,15,19). The molecule has 0 aliphatic heterocycles. The third-order valence-electron chi connectivity index (χ3n) is 4.00. The van der Waals surface area contributed by atoms with Gasteiger partial charge >= 0.3 is 0 Å². The Kier molecular flexibility index (Phi) is 4.18. The van der Waals surface area contributed by atoms with Crippen molar-refractivity contribution in [1.29, 1.82) is 0 Å². The van der Waals surface area contributed by atoms with Gasteiger partial charge in [0.2, 0.25) is 10.0 Å². The Balaban J connectivity index is 2.18. The second-order valence-electron chi connectivity index (χ2n) is 5.83. The van der Waals surface area contributed by atoms with Crippen LogP contribution in [0.2, 0.25) is 0 Å². The lowest BCUT2D eigenvalue weighted by Gasteiger charge is -2.38. The van der Waals surface area contributed by atoms with Crippen LogP contribution in [-0.4, -0.2) is 20.0 Å². The van der Waals surface area contributed by atoms with E-state index in [0.29, 0.717) is 22.6 Å². The molecule has 1 aromatic rings. The number of nitrogens with two attached hydrogens (primary N) is 1. The highest BCUT2D eigenvalue weighted by atomic mass is 32.2. The molecule has 0 radical (unpaired) electrons. The van der Waals surface area contributed by atoms with Crippen molar-refractivity contribution < 1.29 is 8.42 Å². The fraction of sp³-hybridized carbons (Fsp3) is 0.500. The highest BCUT2D eigenvalue weighted by molar-refractivity contribution is 7.89. The molecule has 20 heavy (non-hydrogen) atoms. The second kappa shape index (κ2) is 5.42. The van der Waals surface area contributed by atoms with E-state index in [1.807, 2.05) is 0 Å². The van der Waals surface area contributed by atoms with Gasteiger partial charge in [0.1, 0.15) is 4.99 Å². The first-order chi connectivity index (χ1) is 9.23. The van der Waals surface area contributed by atoms with E-state index in [1.54, 1.807) is 25.1 Å². The molecule has 6 heteroatoms. The predicted octanol–water partition coefficient (Wildman–Crippen LogP) is 2.10. The largest absolute Gasteiger partial charge is 0.389 e. The van der Waals surface area contributed by atoms with Gasteiger partial charge in [-0.05, 0) is 42.9 Å². The molecule has 0 unspecified atom stereocenters. The summed E-state index contributed by atoms with van der Waals surface area (Å²) < 4.78 is 27.4. The number of aryl methyl sites for hydroxylation is 1. The van der Waals surface area contributed by atoms with E-state index >= 15 is 0 Å². The zero-order chi connectivity index (χ0) is 15.0. The van der Waals surface area contributed by atoms with Gasteiger partial charge in [0, 0.05) is 12.1 Å². The molecule has 2 rings (SSSR count). The molecule has 1 aliphatic rings. The topological polar surface area (TPSA) is 72.2 Å². The molecule has 0 aromatic heterocycles. The summed E-state index contributed by atoms with van der Waals surface area (Å²) in [5, 5.41) is 0. The number of hydrogen-bond donors (Lipinski definition) is 2. The van der Waals surface area contributed by atoms with E-state index in [9.17, 15) is 8.42 Å². The summed E-state index contributed by atoms with van der Waals surface area (Å²) in [4.78, 5) is 0.562. The Hall–Kier alpha value is -0.980. The molecular weight excluding hydrogens is 292 g/mol. The zero-order valence-electron chi connectivity index (χ0n) is 11.8. The van der Waals surface area contributed by atoms with Crippen molar-refractivity contribution in [3.8, 4) is 0 Å². The van der Waals surface area contributed by atoms with Crippen LogP contribution < -0.4 is 10.5 Å². The van der Waals surface area contributed by atoms with Gasteiger partial charge in [-0.15, -0.1) is 0 Å². The maximum Gasteiger partial charge on any atom is 0.240 e. The van der Waals surface area contributed by atoms with E-state index in [1.165, 1.54) is 6.42 Å². The van der Waals surface area contributed by atoms with E-state index in [4.69, 9.17) is 18.0 Å². The van der Waals surface area contributed by atoms with Crippen LogP contribution in [0, 0.1) is 12.3 Å². The average Bonchev–Trinajstić information content (AvgIpc) is 2.33. The summed E-state index contributed by atoms with van der Waals surface area (Å²) in [5.41, 5.74) is 7.00. The number of rotatable bonds is 5. The first-order valence-electron chi connectivity index (χ1n) is 6.64. The molecule has 0 heterocycles. The maximum absolute atomic E-state index is 12.3. The van der Waals surface area contributed by atoms with Crippen LogP contribution in [0.1, 0.15) is 37.3 Å². The predicted molar refractivity (Wildman–Crippen MR) is 84.2 cm³/mol. The van der Waals surface area contributed by atoms with Crippen molar-refractivity contribution in [3.05, 3.63) is 29.3 Å². The van der Waals surface area contributed by atoms with Crippen molar-refractivity contribution in [1.82, 2.24) is 4.72 Å². The highest BCUT2D eigenvalue weighted by Gasteiger charge is 2.33.